The van der Waals surface area contributed by atoms with Gasteiger partial charge in [0, 0.05) is 38.6 Å². The third-order valence-electron chi connectivity index (χ3n) is 6.17. The zero-order valence-corrected chi connectivity index (χ0v) is 15.8. The zero-order valence-electron chi connectivity index (χ0n) is 15.8. The number of hydrogen-bond donors (Lipinski definition) is 0. The smallest absolute Gasteiger partial charge is 0.0489 e. The molecule has 3 heterocycles. The molecule has 4 rings (SSSR count). The van der Waals surface area contributed by atoms with Crippen LogP contribution in [0.2, 0.25) is 0 Å². The quantitative estimate of drug-likeness (QED) is 0.762. The van der Waals surface area contributed by atoms with E-state index in [4.69, 9.17) is 0 Å². The zero-order chi connectivity index (χ0) is 17.6. The van der Waals surface area contributed by atoms with Crippen molar-refractivity contribution < 1.29 is 0 Å². The van der Waals surface area contributed by atoms with Crippen molar-refractivity contribution in [3.05, 3.63) is 54.4 Å². The summed E-state index contributed by atoms with van der Waals surface area (Å²) in [4.78, 5) is 5.36. The SMILES string of the molecule is c1ccc(CN2CC[C@H](CN3CCC(CCn4cccn4)CC3)C2)cc1. The molecule has 140 valence electrons. The number of rotatable bonds is 7. The first kappa shape index (κ1) is 17.7. The molecule has 0 bridgehead atoms. The van der Waals surface area contributed by atoms with Crippen molar-refractivity contribution in [2.45, 2.75) is 38.8 Å². The Morgan fingerprint density at radius 1 is 0.885 bits per heavy atom. The number of benzene rings is 1. The minimum Gasteiger partial charge on any atom is -0.303 e. The van der Waals surface area contributed by atoms with Gasteiger partial charge in [-0.25, -0.2) is 0 Å². The minimum atomic E-state index is 0.860. The third kappa shape index (κ3) is 4.95. The van der Waals surface area contributed by atoms with Crippen molar-refractivity contribution >= 4 is 0 Å². The van der Waals surface area contributed by atoms with E-state index in [1.54, 1.807) is 0 Å². The van der Waals surface area contributed by atoms with Crippen molar-refractivity contribution in [1.82, 2.24) is 19.6 Å². The standard InChI is InChI=1S/C22H32N4/c1-2-5-21(6-3-1)17-25-15-9-22(19-25)18-24-13-7-20(8-14-24)10-16-26-12-4-11-23-26/h1-6,11-12,20,22H,7-10,13-19H2/t22-/m1/s1. The molecule has 1 aromatic heterocycles. The van der Waals surface area contributed by atoms with E-state index in [-0.39, 0.29) is 0 Å². The molecular weight excluding hydrogens is 320 g/mol. The van der Waals surface area contributed by atoms with Gasteiger partial charge in [0.2, 0.25) is 0 Å². The van der Waals surface area contributed by atoms with E-state index in [9.17, 15) is 0 Å². The van der Waals surface area contributed by atoms with Gasteiger partial charge in [-0.2, -0.15) is 5.10 Å². The Hall–Kier alpha value is -1.65. The molecule has 4 nitrogen and oxygen atoms in total. The van der Waals surface area contributed by atoms with Gasteiger partial charge in [0.15, 0.2) is 0 Å². The van der Waals surface area contributed by atoms with Crippen molar-refractivity contribution in [1.29, 1.82) is 0 Å². The summed E-state index contributed by atoms with van der Waals surface area (Å²) >= 11 is 0. The van der Waals surface area contributed by atoms with E-state index in [1.165, 1.54) is 64.0 Å². The maximum Gasteiger partial charge on any atom is 0.0489 e. The summed E-state index contributed by atoms with van der Waals surface area (Å²) in [6.45, 7) is 8.62. The molecule has 26 heavy (non-hydrogen) atoms. The fourth-order valence-corrected chi connectivity index (χ4v) is 4.62. The number of nitrogens with zero attached hydrogens (tertiary/aromatic N) is 4. The Morgan fingerprint density at radius 3 is 2.42 bits per heavy atom. The monoisotopic (exact) mass is 352 g/mol. The lowest BCUT2D eigenvalue weighted by Crippen LogP contribution is -2.38. The first-order valence-corrected chi connectivity index (χ1v) is 10.3. The Labute approximate surface area is 157 Å². The molecule has 2 saturated heterocycles. The van der Waals surface area contributed by atoms with Gasteiger partial charge < -0.3 is 4.90 Å². The summed E-state index contributed by atoms with van der Waals surface area (Å²) in [5.41, 5.74) is 1.45. The molecular formula is C22H32N4. The van der Waals surface area contributed by atoms with Crippen LogP contribution in [0.1, 0.15) is 31.2 Å². The molecule has 0 aliphatic carbocycles. The molecule has 0 saturated carbocycles. The van der Waals surface area contributed by atoms with Crippen LogP contribution in [0.4, 0.5) is 0 Å². The normalized spacial score (nSPS) is 22.8. The molecule has 0 radical (unpaired) electrons. The van der Waals surface area contributed by atoms with Gasteiger partial charge in [-0.1, -0.05) is 30.3 Å². The second-order valence-electron chi connectivity index (χ2n) is 8.18. The van der Waals surface area contributed by atoms with Gasteiger partial charge in [-0.3, -0.25) is 9.58 Å². The second-order valence-corrected chi connectivity index (χ2v) is 8.18. The fourth-order valence-electron chi connectivity index (χ4n) is 4.62. The molecule has 4 heteroatoms. The van der Waals surface area contributed by atoms with E-state index in [2.05, 4.69) is 56.1 Å². The van der Waals surface area contributed by atoms with Crippen LogP contribution < -0.4 is 0 Å². The van der Waals surface area contributed by atoms with Gasteiger partial charge in [-0.05, 0) is 68.8 Å². The highest BCUT2D eigenvalue weighted by Gasteiger charge is 2.26. The Kier molecular flexibility index (Phi) is 6.03. The second kappa shape index (κ2) is 8.83. The summed E-state index contributed by atoms with van der Waals surface area (Å²) in [6.07, 6.45) is 9.33. The van der Waals surface area contributed by atoms with Gasteiger partial charge >= 0.3 is 0 Å². The lowest BCUT2D eigenvalue weighted by molar-refractivity contribution is 0.153. The maximum atomic E-state index is 4.32. The number of aromatic nitrogens is 2. The Bertz CT molecular complexity index is 631. The highest BCUT2D eigenvalue weighted by Crippen LogP contribution is 2.25. The summed E-state index contributed by atoms with van der Waals surface area (Å²) in [5, 5.41) is 4.32. The lowest BCUT2D eigenvalue weighted by atomic mass is 9.93. The number of hydrogen-bond acceptors (Lipinski definition) is 3. The molecule has 1 atom stereocenters. The van der Waals surface area contributed by atoms with Crippen molar-refractivity contribution in [3.63, 3.8) is 0 Å². The summed E-state index contributed by atoms with van der Waals surface area (Å²) in [7, 11) is 0. The highest BCUT2D eigenvalue weighted by molar-refractivity contribution is 5.14. The molecule has 2 aliphatic heterocycles. The van der Waals surface area contributed by atoms with Crippen molar-refractivity contribution in [2.75, 3.05) is 32.7 Å². The van der Waals surface area contributed by atoms with Crippen molar-refractivity contribution in [3.8, 4) is 0 Å². The van der Waals surface area contributed by atoms with E-state index in [0.717, 1.165) is 24.9 Å². The van der Waals surface area contributed by atoms with E-state index >= 15 is 0 Å². The van der Waals surface area contributed by atoms with Crippen LogP contribution in [0.25, 0.3) is 0 Å². The van der Waals surface area contributed by atoms with Crippen molar-refractivity contribution in [2.24, 2.45) is 11.8 Å². The van der Waals surface area contributed by atoms with Crippen LogP contribution in [0.5, 0.6) is 0 Å². The molecule has 0 spiro atoms. The summed E-state index contributed by atoms with van der Waals surface area (Å²) in [6, 6.07) is 12.9. The molecule has 0 unspecified atom stereocenters. The predicted octanol–water partition coefficient (Wildman–Crippen LogP) is 3.51. The van der Waals surface area contributed by atoms with E-state index in [1.807, 2.05) is 12.3 Å². The lowest BCUT2D eigenvalue weighted by Gasteiger charge is -2.33. The summed E-state index contributed by atoms with van der Waals surface area (Å²) < 4.78 is 2.08. The Morgan fingerprint density at radius 2 is 1.65 bits per heavy atom. The molecule has 2 fully saturated rings. The third-order valence-corrected chi connectivity index (χ3v) is 6.17. The number of aryl methyl sites for hydroxylation is 1. The molecule has 0 N–H and O–H groups in total. The molecule has 0 amide bonds. The van der Waals surface area contributed by atoms with E-state index < -0.39 is 0 Å². The van der Waals surface area contributed by atoms with Gasteiger partial charge in [-0.15, -0.1) is 0 Å². The fraction of sp³-hybridized carbons (Fsp3) is 0.591. The van der Waals surface area contributed by atoms with Gasteiger partial charge in [0.1, 0.15) is 0 Å². The first-order valence-electron chi connectivity index (χ1n) is 10.3. The number of piperidine rings is 1. The minimum absolute atomic E-state index is 0.860. The van der Waals surface area contributed by atoms with Gasteiger partial charge in [0.25, 0.3) is 0 Å². The average molecular weight is 353 g/mol. The van der Waals surface area contributed by atoms with Crippen LogP contribution in [0.3, 0.4) is 0 Å². The summed E-state index contributed by atoms with van der Waals surface area (Å²) in [5.74, 6) is 1.74. The van der Waals surface area contributed by atoms with Crippen LogP contribution in [0.15, 0.2) is 48.8 Å². The Balaban J connectivity index is 1.15. The average Bonchev–Trinajstić information content (AvgIpc) is 3.34. The molecule has 2 aromatic rings. The van der Waals surface area contributed by atoms with Crippen LogP contribution in [-0.2, 0) is 13.1 Å². The maximum absolute atomic E-state index is 4.32. The largest absolute Gasteiger partial charge is 0.303 e. The van der Waals surface area contributed by atoms with E-state index in [0.29, 0.717) is 0 Å². The topological polar surface area (TPSA) is 24.3 Å². The number of likely N-dealkylation sites (tertiary alicyclic amines) is 2. The molecule has 2 aliphatic rings. The highest BCUT2D eigenvalue weighted by atomic mass is 15.3. The van der Waals surface area contributed by atoms with Gasteiger partial charge in [0.05, 0.1) is 0 Å². The molecule has 1 aromatic carbocycles. The van der Waals surface area contributed by atoms with Crippen LogP contribution >= 0.6 is 0 Å². The van der Waals surface area contributed by atoms with Crippen LogP contribution in [0, 0.1) is 11.8 Å². The predicted molar refractivity (Wildman–Crippen MR) is 106 cm³/mol. The first-order chi connectivity index (χ1) is 12.8. The van der Waals surface area contributed by atoms with Crippen LogP contribution in [-0.4, -0.2) is 52.3 Å².